The number of aliphatic carboxylic acids is 1. The highest BCUT2D eigenvalue weighted by Gasteiger charge is 2.17. The lowest BCUT2D eigenvalue weighted by Crippen LogP contribution is -2.41. The molecule has 0 radical (unpaired) electrons. The summed E-state index contributed by atoms with van der Waals surface area (Å²) in [6.45, 7) is 5.12. The molecule has 0 saturated carbocycles. The average Bonchev–Trinajstić information content (AvgIpc) is 2.31. The second-order valence-electron chi connectivity index (χ2n) is 4.48. The Morgan fingerprint density at radius 1 is 1.28 bits per heavy atom. The van der Waals surface area contributed by atoms with Gasteiger partial charge in [0.05, 0.1) is 12.5 Å². The van der Waals surface area contributed by atoms with Gasteiger partial charge in [-0.1, -0.05) is 20.3 Å². The van der Waals surface area contributed by atoms with Crippen LogP contribution in [-0.4, -0.2) is 43.9 Å². The molecule has 18 heavy (non-hydrogen) atoms. The highest BCUT2D eigenvalue weighted by molar-refractivity contribution is 5.75. The van der Waals surface area contributed by atoms with Gasteiger partial charge in [-0.2, -0.15) is 0 Å². The molecule has 106 valence electrons. The molecule has 0 aromatic heterocycles. The maximum atomic E-state index is 11.4. The first-order valence-corrected chi connectivity index (χ1v) is 6.24. The molecule has 2 atom stereocenters. The predicted molar refractivity (Wildman–Crippen MR) is 68.5 cm³/mol. The third kappa shape index (κ3) is 7.89. The number of carbonyl (C=O) groups is 2. The first-order valence-electron chi connectivity index (χ1n) is 6.24. The number of amides is 2. The number of hydrogen-bond donors (Lipinski definition) is 3. The molecule has 2 unspecified atom stereocenters. The first-order chi connectivity index (χ1) is 8.51. The van der Waals surface area contributed by atoms with Gasteiger partial charge in [0.2, 0.25) is 0 Å². The van der Waals surface area contributed by atoms with E-state index < -0.39 is 11.9 Å². The summed E-state index contributed by atoms with van der Waals surface area (Å²) in [6.07, 6.45) is 1.35. The van der Waals surface area contributed by atoms with E-state index in [1.54, 1.807) is 7.11 Å². The van der Waals surface area contributed by atoms with Crippen LogP contribution in [0.1, 0.15) is 26.7 Å². The van der Waals surface area contributed by atoms with E-state index in [0.29, 0.717) is 19.6 Å². The zero-order valence-corrected chi connectivity index (χ0v) is 11.4. The lowest BCUT2D eigenvalue weighted by Gasteiger charge is -2.15. The summed E-state index contributed by atoms with van der Waals surface area (Å²) in [4.78, 5) is 22.3. The summed E-state index contributed by atoms with van der Waals surface area (Å²) in [5.74, 6) is -1.16. The molecule has 0 aromatic carbocycles. The lowest BCUT2D eigenvalue weighted by atomic mass is 10.0. The van der Waals surface area contributed by atoms with Crippen LogP contribution in [0.2, 0.25) is 0 Å². The fourth-order valence-corrected chi connectivity index (χ4v) is 1.55. The van der Waals surface area contributed by atoms with E-state index in [0.717, 1.165) is 6.42 Å². The maximum Gasteiger partial charge on any atom is 0.314 e. The Hall–Kier alpha value is -1.30. The first kappa shape index (κ1) is 16.7. The molecular formula is C12H24N2O4. The number of nitrogens with one attached hydrogen (secondary N) is 2. The Morgan fingerprint density at radius 3 is 2.39 bits per heavy atom. The van der Waals surface area contributed by atoms with Crippen LogP contribution in [0.3, 0.4) is 0 Å². The van der Waals surface area contributed by atoms with E-state index in [9.17, 15) is 9.59 Å². The van der Waals surface area contributed by atoms with Gasteiger partial charge < -0.3 is 20.5 Å². The predicted octanol–water partition coefficient (Wildman–Crippen LogP) is 1.07. The summed E-state index contributed by atoms with van der Waals surface area (Å²) in [7, 11) is 1.61. The molecule has 0 aromatic rings. The molecule has 0 rings (SSSR count). The van der Waals surface area contributed by atoms with Gasteiger partial charge in [-0.3, -0.25) is 4.79 Å². The average molecular weight is 260 g/mol. The van der Waals surface area contributed by atoms with Crippen LogP contribution in [0.15, 0.2) is 0 Å². The minimum Gasteiger partial charge on any atom is -0.481 e. The number of hydrogen-bond acceptors (Lipinski definition) is 3. The molecule has 2 amide bonds. The minimum atomic E-state index is -0.870. The number of rotatable bonds is 9. The highest BCUT2D eigenvalue weighted by Crippen LogP contribution is 2.04. The van der Waals surface area contributed by atoms with Crippen LogP contribution in [0.4, 0.5) is 4.79 Å². The zero-order chi connectivity index (χ0) is 14.0. The van der Waals surface area contributed by atoms with Crippen LogP contribution in [0.25, 0.3) is 0 Å². The number of carboxylic acids is 1. The molecule has 0 heterocycles. The number of ether oxygens (including phenoxy) is 1. The van der Waals surface area contributed by atoms with Crippen LogP contribution >= 0.6 is 0 Å². The molecular weight excluding hydrogens is 236 g/mol. The van der Waals surface area contributed by atoms with Crippen molar-refractivity contribution in [2.24, 2.45) is 11.8 Å². The summed E-state index contributed by atoms with van der Waals surface area (Å²) >= 11 is 0. The third-order valence-corrected chi connectivity index (χ3v) is 2.56. The summed E-state index contributed by atoms with van der Waals surface area (Å²) in [6, 6.07) is -0.333. The van der Waals surface area contributed by atoms with E-state index in [1.807, 2.05) is 13.8 Å². The van der Waals surface area contributed by atoms with Gasteiger partial charge in [-0.05, 0) is 12.3 Å². The molecule has 6 nitrogen and oxygen atoms in total. The van der Waals surface area contributed by atoms with Crippen LogP contribution in [0.5, 0.6) is 0 Å². The number of urea groups is 1. The largest absolute Gasteiger partial charge is 0.481 e. The van der Waals surface area contributed by atoms with Crippen molar-refractivity contribution in [3.05, 3.63) is 0 Å². The second kappa shape index (κ2) is 9.70. The van der Waals surface area contributed by atoms with E-state index in [2.05, 4.69) is 10.6 Å². The Labute approximate surface area is 108 Å². The van der Waals surface area contributed by atoms with E-state index in [-0.39, 0.29) is 18.5 Å². The molecule has 0 fully saturated rings. The fourth-order valence-electron chi connectivity index (χ4n) is 1.55. The topological polar surface area (TPSA) is 87.7 Å². The summed E-state index contributed by atoms with van der Waals surface area (Å²) < 4.78 is 4.95. The minimum absolute atomic E-state index is 0.160. The molecule has 0 aliphatic heterocycles. The molecule has 3 N–H and O–H groups in total. The monoisotopic (exact) mass is 260 g/mol. The van der Waals surface area contributed by atoms with Crippen molar-refractivity contribution in [2.75, 3.05) is 26.8 Å². The van der Waals surface area contributed by atoms with Gasteiger partial charge in [0.15, 0.2) is 0 Å². The molecule has 0 spiro atoms. The number of methoxy groups -OCH3 is 1. The van der Waals surface area contributed by atoms with Crippen molar-refractivity contribution >= 4 is 12.0 Å². The Morgan fingerprint density at radius 2 is 1.89 bits per heavy atom. The Balaban J connectivity index is 3.83. The quantitative estimate of drug-likeness (QED) is 0.578. The van der Waals surface area contributed by atoms with Gasteiger partial charge in [-0.15, -0.1) is 0 Å². The smallest absolute Gasteiger partial charge is 0.314 e. The maximum absolute atomic E-state index is 11.4. The Kier molecular flexibility index (Phi) is 9.00. The lowest BCUT2D eigenvalue weighted by molar-refractivity contribution is -0.141. The van der Waals surface area contributed by atoms with Crippen molar-refractivity contribution < 1.29 is 19.4 Å². The van der Waals surface area contributed by atoms with Crippen molar-refractivity contribution in [3.63, 3.8) is 0 Å². The van der Waals surface area contributed by atoms with Gasteiger partial charge in [0, 0.05) is 20.2 Å². The van der Waals surface area contributed by atoms with Crippen LogP contribution in [0, 0.1) is 11.8 Å². The normalized spacial score (nSPS) is 13.7. The van der Waals surface area contributed by atoms with Crippen molar-refractivity contribution in [3.8, 4) is 0 Å². The van der Waals surface area contributed by atoms with Crippen LogP contribution < -0.4 is 10.6 Å². The van der Waals surface area contributed by atoms with Gasteiger partial charge >= 0.3 is 12.0 Å². The summed E-state index contributed by atoms with van der Waals surface area (Å²) in [5.41, 5.74) is 0. The second-order valence-corrected chi connectivity index (χ2v) is 4.48. The van der Waals surface area contributed by atoms with Gasteiger partial charge in [0.1, 0.15) is 0 Å². The van der Waals surface area contributed by atoms with Crippen molar-refractivity contribution in [1.29, 1.82) is 0 Å². The molecule has 0 saturated heterocycles. The zero-order valence-electron chi connectivity index (χ0n) is 11.4. The SMILES string of the molecule is CCCC(CNC(=O)NCC(C)COC)C(=O)O. The van der Waals surface area contributed by atoms with Crippen molar-refractivity contribution in [2.45, 2.75) is 26.7 Å². The Bertz CT molecular complexity index is 258. The molecule has 0 bridgehead atoms. The fraction of sp³-hybridized carbons (Fsp3) is 0.833. The molecule has 0 aliphatic rings. The standard InChI is InChI=1S/C12H24N2O4/c1-4-5-10(11(15)16)7-14-12(17)13-6-9(2)8-18-3/h9-10H,4-8H2,1-3H3,(H,15,16)(H2,13,14,17). The molecule has 0 aliphatic carbocycles. The van der Waals surface area contributed by atoms with E-state index in [4.69, 9.17) is 9.84 Å². The summed E-state index contributed by atoms with van der Waals surface area (Å²) in [5, 5.41) is 14.2. The third-order valence-electron chi connectivity index (χ3n) is 2.56. The number of carboxylic acid groups (broad SMARTS) is 1. The number of carbonyl (C=O) groups excluding carboxylic acids is 1. The molecule has 6 heteroatoms. The van der Waals surface area contributed by atoms with Crippen molar-refractivity contribution in [1.82, 2.24) is 10.6 Å². The highest BCUT2D eigenvalue weighted by atomic mass is 16.5. The van der Waals surface area contributed by atoms with Crippen LogP contribution in [-0.2, 0) is 9.53 Å². The van der Waals surface area contributed by atoms with E-state index >= 15 is 0 Å². The van der Waals surface area contributed by atoms with E-state index in [1.165, 1.54) is 0 Å². The van der Waals surface area contributed by atoms with Gasteiger partial charge in [0.25, 0.3) is 0 Å². The van der Waals surface area contributed by atoms with Gasteiger partial charge in [-0.25, -0.2) is 4.79 Å².